The molecule has 2 heterocycles. The lowest BCUT2D eigenvalue weighted by Gasteiger charge is -2.10. The van der Waals surface area contributed by atoms with Gasteiger partial charge in [0.1, 0.15) is 0 Å². The molecule has 0 spiro atoms. The van der Waals surface area contributed by atoms with E-state index in [2.05, 4.69) is 5.10 Å². The van der Waals surface area contributed by atoms with Crippen LogP contribution < -0.4 is 5.73 Å². The molecule has 84 valence electrons. The van der Waals surface area contributed by atoms with E-state index in [1.165, 1.54) is 0 Å². The predicted octanol–water partition coefficient (Wildman–Crippen LogP) is 2.38. The topological polar surface area (TPSA) is 43.3 Å². The van der Waals surface area contributed by atoms with E-state index in [9.17, 15) is 0 Å². The number of rotatable bonds is 2. The molecule has 0 aliphatic heterocycles. The van der Waals surface area contributed by atoms with Gasteiger partial charge in [-0.1, -0.05) is 36.4 Å². The Kier molecular flexibility index (Phi) is 2.38. The summed E-state index contributed by atoms with van der Waals surface area (Å²) in [4.78, 5) is 0. The molecule has 0 fully saturated rings. The van der Waals surface area contributed by atoms with E-state index in [4.69, 9.17) is 5.73 Å². The van der Waals surface area contributed by atoms with E-state index in [1.807, 2.05) is 65.4 Å². The number of fused-ring (bicyclic) bond motifs is 1. The molecule has 2 N–H and O–H groups in total. The summed E-state index contributed by atoms with van der Waals surface area (Å²) in [7, 11) is 0. The van der Waals surface area contributed by atoms with Crippen molar-refractivity contribution in [1.82, 2.24) is 9.61 Å². The molecule has 0 radical (unpaired) electrons. The van der Waals surface area contributed by atoms with Crippen LogP contribution >= 0.6 is 0 Å². The number of aromatic nitrogens is 2. The van der Waals surface area contributed by atoms with Crippen molar-refractivity contribution >= 4 is 5.52 Å². The summed E-state index contributed by atoms with van der Waals surface area (Å²) >= 11 is 0. The lowest BCUT2D eigenvalue weighted by atomic mass is 10.0. The first-order chi connectivity index (χ1) is 8.36. The molecule has 2 aromatic heterocycles. The van der Waals surface area contributed by atoms with Crippen molar-refractivity contribution < 1.29 is 0 Å². The number of hydrogen-bond acceptors (Lipinski definition) is 2. The van der Waals surface area contributed by atoms with Crippen LogP contribution in [0.4, 0.5) is 0 Å². The maximum atomic E-state index is 6.27. The third-order valence-corrected chi connectivity index (χ3v) is 2.95. The van der Waals surface area contributed by atoms with Gasteiger partial charge in [-0.25, -0.2) is 4.52 Å². The highest BCUT2D eigenvalue weighted by Gasteiger charge is 2.13. The summed E-state index contributed by atoms with van der Waals surface area (Å²) in [5, 5.41) is 4.30. The molecule has 0 bridgehead atoms. The number of nitrogens with two attached hydrogens (primary N) is 1. The van der Waals surface area contributed by atoms with Crippen LogP contribution in [0.5, 0.6) is 0 Å². The maximum absolute atomic E-state index is 6.27. The summed E-state index contributed by atoms with van der Waals surface area (Å²) in [6, 6.07) is 15.9. The molecule has 1 aromatic carbocycles. The lowest BCUT2D eigenvalue weighted by molar-refractivity contribution is 0.880. The first-order valence-electron chi connectivity index (χ1n) is 5.59. The van der Waals surface area contributed by atoms with Crippen LogP contribution in [0.15, 0.2) is 60.9 Å². The molecule has 0 saturated carbocycles. The second kappa shape index (κ2) is 4.03. The molecular weight excluding hydrogens is 210 g/mol. The zero-order valence-electron chi connectivity index (χ0n) is 9.32. The van der Waals surface area contributed by atoms with Crippen molar-refractivity contribution in [3.05, 3.63) is 72.1 Å². The molecular formula is C14H13N3. The monoisotopic (exact) mass is 223 g/mol. The summed E-state index contributed by atoms with van der Waals surface area (Å²) < 4.78 is 1.85. The second-order valence-corrected chi connectivity index (χ2v) is 4.02. The molecule has 1 unspecified atom stereocenters. The third kappa shape index (κ3) is 1.70. The van der Waals surface area contributed by atoms with Crippen LogP contribution in [0, 0.1) is 0 Å². The maximum Gasteiger partial charge on any atom is 0.0712 e. The van der Waals surface area contributed by atoms with Crippen molar-refractivity contribution in [3.63, 3.8) is 0 Å². The standard InChI is InChI=1S/C14H13N3/c15-14(11-6-2-1-3-7-11)12-10-16-17-9-5-4-8-13(12)17/h1-10,14H,15H2. The van der Waals surface area contributed by atoms with Crippen LogP contribution in [0.1, 0.15) is 17.2 Å². The Hall–Kier alpha value is -2.13. The largest absolute Gasteiger partial charge is 0.320 e. The minimum absolute atomic E-state index is 0.129. The van der Waals surface area contributed by atoms with E-state index in [-0.39, 0.29) is 6.04 Å². The van der Waals surface area contributed by atoms with Crippen molar-refractivity contribution in [3.8, 4) is 0 Å². The molecule has 3 aromatic rings. The fraction of sp³-hybridized carbons (Fsp3) is 0.0714. The molecule has 3 rings (SSSR count). The molecule has 3 heteroatoms. The third-order valence-electron chi connectivity index (χ3n) is 2.95. The first-order valence-corrected chi connectivity index (χ1v) is 5.59. The Bertz CT molecular complexity index is 628. The Morgan fingerprint density at radius 2 is 1.76 bits per heavy atom. The van der Waals surface area contributed by atoms with Gasteiger partial charge in [-0.2, -0.15) is 5.10 Å². The summed E-state index contributed by atoms with van der Waals surface area (Å²) in [6.45, 7) is 0. The molecule has 0 amide bonds. The van der Waals surface area contributed by atoms with E-state index in [1.54, 1.807) is 0 Å². The molecule has 0 aliphatic rings. The van der Waals surface area contributed by atoms with Gasteiger partial charge in [0.25, 0.3) is 0 Å². The van der Waals surface area contributed by atoms with Crippen LogP contribution in [-0.2, 0) is 0 Å². The smallest absolute Gasteiger partial charge is 0.0712 e. The second-order valence-electron chi connectivity index (χ2n) is 4.02. The normalized spacial score (nSPS) is 12.8. The van der Waals surface area contributed by atoms with E-state index < -0.39 is 0 Å². The van der Waals surface area contributed by atoms with Gasteiger partial charge in [0.2, 0.25) is 0 Å². The van der Waals surface area contributed by atoms with Gasteiger partial charge in [0.05, 0.1) is 17.8 Å². The van der Waals surface area contributed by atoms with E-state index in [0.717, 1.165) is 16.6 Å². The average Bonchev–Trinajstić information content (AvgIpc) is 2.83. The zero-order valence-corrected chi connectivity index (χ0v) is 9.32. The SMILES string of the molecule is NC(c1ccccc1)c1cnn2ccccc12. The van der Waals surface area contributed by atoms with Gasteiger partial charge in [-0.05, 0) is 17.7 Å². The Morgan fingerprint density at radius 1 is 1.00 bits per heavy atom. The predicted molar refractivity (Wildman–Crippen MR) is 67.7 cm³/mol. The quantitative estimate of drug-likeness (QED) is 0.724. The fourth-order valence-corrected chi connectivity index (χ4v) is 2.03. The Balaban J connectivity index is 2.10. The lowest BCUT2D eigenvalue weighted by Crippen LogP contribution is -2.11. The molecule has 0 saturated heterocycles. The van der Waals surface area contributed by atoms with Crippen molar-refractivity contribution in [2.24, 2.45) is 5.73 Å². The van der Waals surface area contributed by atoms with Gasteiger partial charge < -0.3 is 5.73 Å². The highest BCUT2D eigenvalue weighted by atomic mass is 15.2. The first kappa shape index (κ1) is 10.1. The van der Waals surface area contributed by atoms with Gasteiger partial charge in [-0.3, -0.25) is 0 Å². The highest BCUT2D eigenvalue weighted by Crippen LogP contribution is 2.22. The number of nitrogens with zero attached hydrogens (tertiary/aromatic N) is 2. The minimum Gasteiger partial charge on any atom is -0.320 e. The van der Waals surface area contributed by atoms with Gasteiger partial charge >= 0.3 is 0 Å². The van der Waals surface area contributed by atoms with E-state index in [0.29, 0.717) is 0 Å². The Labute approximate surface area is 99.5 Å². The molecule has 17 heavy (non-hydrogen) atoms. The van der Waals surface area contributed by atoms with Gasteiger partial charge in [0, 0.05) is 11.8 Å². The zero-order chi connectivity index (χ0) is 11.7. The fourth-order valence-electron chi connectivity index (χ4n) is 2.03. The molecule has 0 aliphatic carbocycles. The van der Waals surface area contributed by atoms with Crippen LogP contribution in [0.25, 0.3) is 5.52 Å². The van der Waals surface area contributed by atoms with Crippen molar-refractivity contribution in [1.29, 1.82) is 0 Å². The molecule has 3 nitrogen and oxygen atoms in total. The van der Waals surface area contributed by atoms with Gasteiger partial charge in [0.15, 0.2) is 0 Å². The van der Waals surface area contributed by atoms with Gasteiger partial charge in [-0.15, -0.1) is 0 Å². The Morgan fingerprint density at radius 3 is 2.59 bits per heavy atom. The molecule has 1 atom stereocenters. The summed E-state index contributed by atoms with van der Waals surface area (Å²) in [6.07, 6.45) is 3.77. The van der Waals surface area contributed by atoms with Crippen molar-refractivity contribution in [2.45, 2.75) is 6.04 Å². The van der Waals surface area contributed by atoms with Crippen LogP contribution in [0.2, 0.25) is 0 Å². The van der Waals surface area contributed by atoms with E-state index >= 15 is 0 Å². The van der Waals surface area contributed by atoms with Crippen LogP contribution in [-0.4, -0.2) is 9.61 Å². The minimum atomic E-state index is -0.129. The number of pyridine rings is 1. The van der Waals surface area contributed by atoms with Crippen molar-refractivity contribution in [2.75, 3.05) is 0 Å². The number of benzene rings is 1. The summed E-state index contributed by atoms with van der Waals surface area (Å²) in [5.41, 5.74) is 9.49. The van der Waals surface area contributed by atoms with Crippen LogP contribution in [0.3, 0.4) is 0 Å². The summed E-state index contributed by atoms with van der Waals surface area (Å²) in [5.74, 6) is 0. The number of hydrogen-bond donors (Lipinski definition) is 1. The average molecular weight is 223 g/mol. The highest BCUT2D eigenvalue weighted by molar-refractivity contribution is 5.56.